The molecule has 0 aromatic rings. The smallest absolute Gasteiger partial charge is 0.0326 e. The molecule has 0 aliphatic heterocycles. The molecule has 20 heavy (non-hydrogen) atoms. The Labute approximate surface area is 132 Å². The van der Waals surface area contributed by atoms with Gasteiger partial charge >= 0.3 is 0 Å². The Bertz CT molecular complexity index is 163. The molecule has 0 aromatic heterocycles. The van der Waals surface area contributed by atoms with Gasteiger partial charge in [-0.25, -0.2) is 0 Å². The van der Waals surface area contributed by atoms with E-state index >= 15 is 0 Å². The lowest BCUT2D eigenvalue weighted by Gasteiger charge is -2.17. The van der Waals surface area contributed by atoms with Crippen LogP contribution in [0.4, 0.5) is 0 Å². The van der Waals surface area contributed by atoms with Crippen molar-refractivity contribution in [2.45, 2.75) is 85.0 Å². The van der Waals surface area contributed by atoms with Crippen LogP contribution in [0.1, 0.15) is 85.0 Å². The molecular formula is C18H40P2. The van der Waals surface area contributed by atoms with Gasteiger partial charge in [0.2, 0.25) is 0 Å². The van der Waals surface area contributed by atoms with Crippen LogP contribution in [-0.2, 0) is 0 Å². The summed E-state index contributed by atoms with van der Waals surface area (Å²) in [7, 11) is 1.65. The first-order valence-electron chi connectivity index (χ1n) is 9.28. The molecule has 0 N–H and O–H groups in total. The maximum absolute atomic E-state index is 2.34. The summed E-state index contributed by atoms with van der Waals surface area (Å²) in [6.45, 7) is 6.99. The summed E-state index contributed by atoms with van der Waals surface area (Å²) in [5.74, 6) is 0. The van der Waals surface area contributed by atoms with Gasteiger partial charge in [0.1, 0.15) is 0 Å². The quantitative estimate of drug-likeness (QED) is 0.210. The molecule has 0 bridgehead atoms. The third-order valence-electron chi connectivity index (χ3n) is 3.94. The second kappa shape index (κ2) is 17.9. The molecule has 1 unspecified atom stereocenters. The molecule has 0 aliphatic rings. The zero-order chi connectivity index (χ0) is 14.9. The van der Waals surface area contributed by atoms with Crippen LogP contribution < -0.4 is 0 Å². The number of rotatable bonds is 16. The minimum atomic E-state index is 0.397. The summed E-state index contributed by atoms with van der Waals surface area (Å²) in [6, 6.07) is 0. The van der Waals surface area contributed by atoms with Crippen molar-refractivity contribution in [1.82, 2.24) is 0 Å². The molecule has 2 heteroatoms. The van der Waals surface area contributed by atoms with Gasteiger partial charge in [0.15, 0.2) is 0 Å². The monoisotopic (exact) mass is 318 g/mol. The van der Waals surface area contributed by atoms with E-state index in [0.29, 0.717) is 7.92 Å². The van der Waals surface area contributed by atoms with Crippen LogP contribution in [0.5, 0.6) is 0 Å². The van der Waals surface area contributed by atoms with Crippen LogP contribution in [0.2, 0.25) is 0 Å². The Balaban J connectivity index is 3.38. The van der Waals surface area contributed by atoms with Gasteiger partial charge < -0.3 is 0 Å². The highest BCUT2D eigenvalue weighted by Gasteiger charge is 2.06. The van der Waals surface area contributed by atoms with Crippen molar-refractivity contribution < 1.29 is 0 Å². The van der Waals surface area contributed by atoms with Crippen LogP contribution in [-0.4, -0.2) is 30.8 Å². The Hall–Kier alpha value is 0.860. The fourth-order valence-corrected chi connectivity index (χ4v) is 6.69. The van der Waals surface area contributed by atoms with Crippen molar-refractivity contribution >= 4 is 16.5 Å². The average Bonchev–Trinajstić information content (AvgIpc) is 2.47. The zero-order valence-corrected chi connectivity index (χ0v) is 16.4. The first-order valence-corrected chi connectivity index (χ1v) is 12.6. The van der Waals surface area contributed by atoms with E-state index in [1.54, 1.807) is 18.5 Å². The van der Waals surface area contributed by atoms with Crippen molar-refractivity contribution in [2.24, 2.45) is 0 Å². The standard InChI is InChI=1S/C18H40P2/c1-4-7-14-19-15-12-10-11-13-18-20(16-8-5-2)17-9-6-3/h19H,4-18H2,1-3H3. The maximum atomic E-state index is 2.34. The highest BCUT2D eigenvalue weighted by atomic mass is 31.1. The van der Waals surface area contributed by atoms with Crippen molar-refractivity contribution in [1.29, 1.82) is 0 Å². The van der Waals surface area contributed by atoms with Crippen molar-refractivity contribution in [2.75, 3.05) is 30.8 Å². The molecule has 0 saturated heterocycles. The fourth-order valence-electron chi connectivity index (χ4n) is 2.46. The van der Waals surface area contributed by atoms with E-state index in [9.17, 15) is 0 Å². The summed E-state index contributed by atoms with van der Waals surface area (Å²) in [5, 5.41) is 0. The van der Waals surface area contributed by atoms with Gasteiger partial charge in [0, 0.05) is 0 Å². The molecule has 0 rings (SSSR count). The second-order valence-corrected chi connectivity index (χ2v) is 10.2. The van der Waals surface area contributed by atoms with Gasteiger partial charge in [0.05, 0.1) is 0 Å². The molecule has 1 atom stereocenters. The Morgan fingerprint density at radius 3 is 1.65 bits per heavy atom. The van der Waals surface area contributed by atoms with Crippen LogP contribution in [0.15, 0.2) is 0 Å². The molecular weight excluding hydrogens is 278 g/mol. The van der Waals surface area contributed by atoms with Crippen LogP contribution >= 0.6 is 16.5 Å². The highest BCUT2D eigenvalue weighted by molar-refractivity contribution is 7.57. The zero-order valence-electron chi connectivity index (χ0n) is 14.6. The summed E-state index contributed by atoms with van der Waals surface area (Å²) in [5.41, 5.74) is 0. The topological polar surface area (TPSA) is 0 Å². The summed E-state index contributed by atoms with van der Waals surface area (Å²) in [6.07, 6.45) is 22.3. The Morgan fingerprint density at radius 2 is 1.05 bits per heavy atom. The van der Waals surface area contributed by atoms with E-state index < -0.39 is 0 Å². The lowest BCUT2D eigenvalue weighted by Crippen LogP contribution is -1.96. The van der Waals surface area contributed by atoms with Gasteiger partial charge in [-0.2, -0.15) is 0 Å². The molecule has 0 spiro atoms. The lowest BCUT2D eigenvalue weighted by atomic mass is 10.2. The molecule has 0 saturated carbocycles. The second-order valence-electron chi connectivity index (χ2n) is 6.07. The summed E-state index contributed by atoms with van der Waals surface area (Å²) < 4.78 is 0. The molecule has 122 valence electrons. The first-order chi connectivity index (χ1) is 9.85. The molecule has 0 nitrogen and oxygen atoms in total. The van der Waals surface area contributed by atoms with Crippen LogP contribution in [0, 0.1) is 0 Å². The summed E-state index contributed by atoms with van der Waals surface area (Å²) in [4.78, 5) is 0. The molecule has 0 heterocycles. The molecule has 0 amide bonds. The molecule has 0 aromatic carbocycles. The highest BCUT2D eigenvalue weighted by Crippen LogP contribution is 2.38. The van der Waals surface area contributed by atoms with Gasteiger partial charge in [-0.3, -0.25) is 0 Å². The van der Waals surface area contributed by atoms with Crippen molar-refractivity contribution in [3.8, 4) is 0 Å². The van der Waals surface area contributed by atoms with Crippen molar-refractivity contribution in [3.63, 3.8) is 0 Å². The Kier molecular flexibility index (Phi) is 18.7. The predicted molar refractivity (Wildman–Crippen MR) is 103 cm³/mol. The van der Waals surface area contributed by atoms with Gasteiger partial charge in [-0.05, 0) is 62.9 Å². The van der Waals surface area contributed by atoms with Crippen LogP contribution in [0.25, 0.3) is 0 Å². The third-order valence-corrected chi connectivity index (χ3v) is 8.20. The fraction of sp³-hybridized carbons (Fsp3) is 1.00. The molecule has 0 radical (unpaired) electrons. The molecule has 0 fully saturated rings. The number of unbranched alkanes of at least 4 members (excludes halogenated alkanes) is 6. The average molecular weight is 318 g/mol. The van der Waals surface area contributed by atoms with E-state index in [4.69, 9.17) is 0 Å². The maximum Gasteiger partial charge on any atom is -0.0326 e. The SMILES string of the molecule is CCCCPCCCCCCP(CCCC)CCCC. The van der Waals surface area contributed by atoms with Gasteiger partial charge in [-0.15, -0.1) is 16.5 Å². The van der Waals surface area contributed by atoms with E-state index in [1.807, 2.05) is 0 Å². The Morgan fingerprint density at radius 1 is 0.550 bits per heavy atom. The van der Waals surface area contributed by atoms with Crippen LogP contribution in [0.3, 0.4) is 0 Å². The molecule has 0 aliphatic carbocycles. The van der Waals surface area contributed by atoms with E-state index in [2.05, 4.69) is 20.8 Å². The largest absolute Gasteiger partial charge is 0.122 e. The predicted octanol–water partition coefficient (Wildman–Crippen LogP) is 7.11. The minimum absolute atomic E-state index is 0.397. The van der Waals surface area contributed by atoms with Gasteiger partial charge in [-0.1, -0.05) is 52.9 Å². The first kappa shape index (κ1) is 20.9. The minimum Gasteiger partial charge on any atom is -0.122 e. The van der Waals surface area contributed by atoms with E-state index in [0.717, 1.165) is 0 Å². The number of hydrogen-bond acceptors (Lipinski definition) is 0. The summed E-state index contributed by atoms with van der Waals surface area (Å²) >= 11 is 0. The normalized spacial score (nSPS) is 12.0. The van der Waals surface area contributed by atoms with E-state index in [-0.39, 0.29) is 0 Å². The van der Waals surface area contributed by atoms with Gasteiger partial charge in [0.25, 0.3) is 0 Å². The van der Waals surface area contributed by atoms with E-state index in [1.165, 1.54) is 85.1 Å². The lowest BCUT2D eigenvalue weighted by molar-refractivity contribution is 0.706. The van der Waals surface area contributed by atoms with Crippen molar-refractivity contribution in [3.05, 3.63) is 0 Å². The number of hydrogen-bond donors (Lipinski definition) is 0. The third kappa shape index (κ3) is 15.3.